The number of nitrogens with zero attached hydrogens (tertiary/aromatic N) is 1. The van der Waals surface area contributed by atoms with Crippen molar-refractivity contribution in [3.05, 3.63) is 93.5 Å². The molecule has 0 fully saturated rings. The maximum absolute atomic E-state index is 13.4. The quantitative estimate of drug-likeness (QED) is 0.442. The highest BCUT2D eigenvalue weighted by Gasteiger charge is 2.27. The molecule has 0 aliphatic carbocycles. The molecular weight excluding hydrogens is 497 g/mol. The van der Waals surface area contributed by atoms with E-state index in [-0.39, 0.29) is 17.9 Å². The van der Waals surface area contributed by atoms with E-state index in [1.807, 2.05) is 6.92 Å². The van der Waals surface area contributed by atoms with Gasteiger partial charge in [0.15, 0.2) is 0 Å². The average Bonchev–Trinajstić information content (AvgIpc) is 2.76. The van der Waals surface area contributed by atoms with Crippen LogP contribution in [-0.2, 0) is 32.6 Å². The topological polar surface area (TPSA) is 110 Å². The van der Waals surface area contributed by atoms with Gasteiger partial charge in [-0.25, -0.2) is 8.42 Å². The number of rotatable bonds is 9. The zero-order valence-electron chi connectivity index (χ0n) is 18.3. The van der Waals surface area contributed by atoms with Gasteiger partial charge in [-0.3, -0.25) is 9.59 Å². The Morgan fingerprint density at radius 1 is 0.971 bits per heavy atom. The second kappa shape index (κ2) is 11.0. The van der Waals surface area contributed by atoms with Gasteiger partial charge in [-0.2, -0.15) is 4.31 Å². The summed E-state index contributed by atoms with van der Waals surface area (Å²) in [6.07, 6.45) is 0.0820. The normalized spacial score (nSPS) is 11.4. The monoisotopic (exact) mass is 519 g/mol. The number of halogens is 2. The van der Waals surface area contributed by atoms with Crippen LogP contribution >= 0.6 is 23.2 Å². The van der Waals surface area contributed by atoms with E-state index in [2.05, 4.69) is 5.32 Å². The van der Waals surface area contributed by atoms with Crippen LogP contribution in [0.1, 0.15) is 16.7 Å². The van der Waals surface area contributed by atoms with Gasteiger partial charge in [-0.15, -0.1) is 0 Å². The van der Waals surface area contributed by atoms with E-state index in [9.17, 15) is 18.0 Å². The fraction of sp³-hybridized carbons (Fsp3) is 0.167. The Balaban J connectivity index is 1.84. The lowest BCUT2D eigenvalue weighted by Gasteiger charge is -2.22. The zero-order chi connectivity index (χ0) is 24.9. The molecule has 0 atom stereocenters. The minimum atomic E-state index is -4.02. The number of amides is 2. The van der Waals surface area contributed by atoms with Gasteiger partial charge < -0.3 is 11.1 Å². The summed E-state index contributed by atoms with van der Waals surface area (Å²) in [5, 5.41) is 3.39. The molecule has 0 unspecified atom stereocenters. The van der Waals surface area contributed by atoms with Crippen molar-refractivity contribution in [2.75, 3.05) is 11.9 Å². The maximum atomic E-state index is 13.4. The first-order chi connectivity index (χ1) is 16.0. The third-order valence-electron chi connectivity index (χ3n) is 4.96. The van der Waals surface area contributed by atoms with Crippen LogP contribution in [0.3, 0.4) is 0 Å². The number of primary amides is 1. The molecule has 178 valence electrons. The summed E-state index contributed by atoms with van der Waals surface area (Å²) in [6.45, 7) is 1.28. The molecule has 2 amide bonds. The first kappa shape index (κ1) is 25.7. The van der Waals surface area contributed by atoms with Crippen LogP contribution in [0.15, 0.2) is 71.6 Å². The van der Waals surface area contributed by atoms with Crippen LogP contribution in [-0.4, -0.2) is 31.1 Å². The molecule has 3 N–H and O–H groups in total. The molecule has 3 aromatic rings. The van der Waals surface area contributed by atoms with Crippen LogP contribution < -0.4 is 11.1 Å². The molecule has 0 spiro atoms. The van der Waals surface area contributed by atoms with E-state index in [1.165, 1.54) is 18.2 Å². The number of aryl methyl sites for hydroxylation is 1. The molecule has 0 aliphatic rings. The number of carbonyl (C=O) groups is 2. The molecule has 0 saturated heterocycles. The number of carbonyl (C=O) groups excluding carboxylic acids is 2. The summed E-state index contributed by atoms with van der Waals surface area (Å²) in [4.78, 5) is 23.9. The van der Waals surface area contributed by atoms with Crippen molar-refractivity contribution in [1.29, 1.82) is 0 Å². The predicted molar refractivity (Wildman–Crippen MR) is 133 cm³/mol. The fourth-order valence-electron chi connectivity index (χ4n) is 3.19. The van der Waals surface area contributed by atoms with Crippen molar-refractivity contribution in [3.8, 4) is 0 Å². The van der Waals surface area contributed by atoms with Crippen LogP contribution in [0.5, 0.6) is 0 Å². The lowest BCUT2D eigenvalue weighted by atomic mass is 10.1. The number of benzene rings is 3. The van der Waals surface area contributed by atoms with Gasteiger partial charge >= 0.3 is 0 Å². The predicted octanol–water partition coefficient (Wildman–Crippen LogP) is 4.16. The summed E-state index contributed by atoms with van der Waals surface area (Å²) >= 11 is 12.2. The first-order valence-corrected chi connectivity index (χ1v) is 12.4. The molecular formula is C24H23Cl2N3O4S. The van der Waals surface area contributed by atoms with Crippen molar-refractivity contribution in [3.63, 3.8) is 0 Å². The summed E-state index contributed by atoms with van der Waals surface area (Å²) in [5.41, 5.74) is 7.76. The van der Waals surface area contributed by atoms with Gasteiger partial charge in [-0.05, 0) is 54.4 Å². The zero-order valence-corrected chi connectivity index (χ0v) is 20.6. The lowest BCUT2D eigenvalue weighted by molar-refractivity contribution is -0.117. The Labute approximate surface area is 208 Å². The summed E-state index contributed by atoms with van der Waals surface area (Å²) < 4.78 is 27.8. The molecule has 0 bridgehead atoms. The minimum absolute atomic E-state index is 0.0618. The van der Waals surface area contributed by atoms with Crippen LogP contribution in [0.25, 0.3) is 0 Å². The smallest absolute Gasteiger partial charge is 0.243 e. The lowest BCUT2D eigenvalue weighted by Crippen LogP contribution is -2.37. The second-order valence-electron chi connectivity index (χ2n) is 7.71. The van der Waals surface area contributed by atoms with E-state index in [1.54, 1.807) is 48.5 Å². The first-order valence-electron chi connectivity index (χ1n) is 10.2. The van der Waals surface area contributed by atoms with Gasteiger partial charge in [0.1, 0.15) is 0 Å². The second-order valence-corrected chi connectivity index (χ2v) is 10.5. The largest absolute Gasteiger partial charge is 0.369 e. The SMILES string of the molecule is Cc1ccc(S(=O)(=O)N(CC(=O)Nc2ccc(CC(N)=O)cc2)Cc2ccc(Cl)cc2Cl)cc1. The highest BCUT2D eigenvalue weighted by Crippen LogP contribution is 2.25. The Kier molecular flexibility index (Phi) is 8.33. The number of anilines is 1. The average molecular weight is 520 g/mol. The third-order valence-corrected chi connectivity index (χ3v) is 7.35. The van der Waals surface area contributed by atoms with Gasteiger partial charge in [0, 0.05) is 22.3 Å². The highest BCUT2D eigenvalue weighted by molar-refractivity contribution is 7.89. The van der Waals surface area contributed by atoms with Gasteiger partial charge in [-0.1, -0.05) is 59.1 Å². The molecule has 7 nitrogen and oxygen atoms in total. The fourth-order valence-corrected chi connectivity index (χ4v) is 5.04. The summed E-state index contributed by atoms with van der Waals surface area (Å²) in [7, 11) is -4.02. The molecule has 0 heterocycles. The van der Waals surface area contributed by atoms with Crippen molar-refractivity contribution < 1.29 is 18.0 Å². The number of nitrogens with two attached hydrogens (primary N) is 1. The molecule has 3 rings (SSSR count). The van der Waals surface area contributed by atoms with Gasteiger partial charge in [0.05, 0.1) is 17.9 Å². The van der Waals surface area contributed by atoms with Crippen LogP contribution in [0.2, 0.25) is 10.0 Å². The Bertz CT molecular complexity index is 1290. The third kappa shape index (κ3) is 6.80. The standard InChI is InChI=1S/C24H23Cl2N3O4S/c1-16-2-10-21(11-3-16)34(32,33)29(14-18-6-7-19(25)13-22(18)26)15-24(31)28-20-8-4-17(5-9-20)12-23(27)30/h2-11,13H,12,14-15H2,1H3,(H2,27,30)(H,28,31). The van der Waals surface area contributed by atoms with E-state index in [4.69, 9.17) is 28.9 Å². The Morgan fingerprint density at radius 3 is 2.21 bits per heavy atom. The van der Waals surface area contributed by atoms with Gasteiger partial charge in [0.25, 0.3) is 0 Å². The number of hydrogen-bond donors (Lipinski definition) is 2. The molecule has 0 radical (unpaired) electrons. The molecule has 0 saturated carbocycles. The van der Waals surface area contributed by atoms with E-state index < -0.39 is 28.4 Å². The van der Waals surface area contributed by atoms with Gasteiger partial charge in [0.2, 0.25) is 21.8 Å². The van der Waals surface area contributed by atoms with Crippen LogP contribution in [0, 0.1) is 6.92 Å². The van der Waals surface area contributed by atoms with E-state index >= 15 is 0 Å². The van der Waals surface area contributed by atoms with Crippen molar-refractivity contribution >= 4 is 50.7 Å². The molecule has 0 aromatic heterocycles. The molecule has 34 heavy (non-hydrogen) atoms. The van der Waals surface area contributed by atoms with Crippen molar-refractivity contribution in [2.45, 2.75) is 24.8 Å². The summed E-state index contributed by atoms with van der Waals surface area (Å²) in [6, 6.07) is 17.7. The Hall–Kier alpha value is -2.91. The number of sulfonamides is 1. The van der Waals surface area contributed by atoms with Crippen molar-refractivity contribution in [2.24, 2.45) is 5.73 Å². The maximum Gasteiger partial charge on any atom is 0.243 e. The van der Waals surface area contributed by atoms with Crippen molar-refractivity contribution in [1.82, 2.24) is 4.31 Å². The van der Waals surface area contributed by atoms with Crippen LogP contribution in [0.4, 0.5) is 5.69 Å². The van der Waals surface area contributed by atoms with E-state index in [0.717, 1.165) is 9.87 Å². The summed E-state index contributed by atoms with van der Waals surface area (Å²) in [5.74, 6) is -1.00. The molecule has 0 aliphatic heterocycles. The Morgan fingerprint density at radius 2 is 1.62 bits per heavy atom. The van der Waals surface area contributed by atoms with E-state index in [0.29, 0.717) is 26.9 Å². The highest BCUT2D eigenvalue weighted by atomic mass is 35.5. The molecule has 10 heteroatoms. The molecule has 3 aromatic carbocycles. The number of nitrogens with one attached hydrogen (secondary N) is 1. The minimum Gasteiger partial charge on any atom is -0.369 e. The number of hydrogen-bond acceptors (Lipinski definition) is 4.